The lowest BCUT2D eigenvalue weighted by atomic mass is 10.1. The molecule has 0 spiro atoms. The molecule has 1 N–H and O–H groups in total. The Hall–Kier alpha value is -1.98. The Morgan fingerprint density at radius 2 is 2.00 bits per heavy atom. The number of carbonyl (C=O) groups is 1. The van der Waals surface area contributed by atoms with Crippen LogP contribution in [0.1, 0.15) is 24.2 Å². The Labute approximate surface area is 137 Å². The molecular formula is C17H16N2OS2. The molecule has 0 unspecified atom stereocenters. The number of nitrogens with one attached hydrogen (secondary N) is 1. The molecule has 5 heteroatoms. The lowest BCUT2D eigenvalue weighted by Crippen LogP contribution is -2.28. The average molecular weight is 328 g/mol. The smallest absolute Gasteiger partial charge is 0.226 e. The van der Waals surface area contributed by atoms with E-state index in [2.05, 4.69) is 10.3 Å². The van der Waals surface area contributed by atoms with Crippen LogP contribution in [0.15, 0.2) is 53.2 Å². The fourth-order valence-electron chi connectivity index (χ4n) is 2.18. The van der Waals surface area contributed by atoms with Crippen molar-refractivity contribution in [2.75, 3.05) is 0 Å². The molecule has 2 heterocycles. The summed E-state index contributed by atoms with van der Waals surface area (Å²) in [6.07, 6.45) is 0.319. The van der Waals surface area contributed by atoms with Gasteiger partial charge >= 0.3 is 0 Å². The summed E-state index contributed by atoms with van der Waals surface area (Å²) in [5.41, 5.74) is 1.93. The Bertz CT molecular complexity index is 735. The molecule has 22 heavy (non-hydrogen) atoms. The highest BCUT2D eigenvalue weighted by atomic mass is 32.1. The maximum Gasteiger partial charge on any atom is 0.226 e. The van der Waals surface area contributed by atoms with Crippen LogP contribution in [-0.2, 0) is 11.2 Å². The first-order valence-electron chi connectivity index (χ1n) is 7.05. The third kappa shape index (κ3) is 3.61. The number of thiazole rings is 1. The summed E-state index contributed by atoms with van der Waals surface area (Å²) in [5.74, 6) is -0.000572. The molecule has 0 fully saturated rings. The first kappa shape index (κ1) is 14.9. The normalized spacial score (nSPS) is 12.0. The van der Waals surface area contributed by atoms with E-state index < -0.39 is 0 Å². The highest BCUT2D eigenvalue weighted by Gasteiger charge is 2.12. The number of thiophene rings is 1. The van der Waals surface area contributed by atoms with Gasteiger partial charge in [-0.05, 0) is 23.9 Å². The molecular weight excluding hydrogens is 312 g/mol. The van der Waals surface area contributed by atoms with Crippen molar-refractivity contribution in [3.8, 4) is 9.88 Å². The summed E-state index contributed by atoms with van der Waals surface area (Å²) in [6.45, 7) is 1.99. The van der Waals surface area contributed by atoms with Crippen molar-refractivity contribution in [3.63, 3.8) is 0 Å². The van der Waals surface area contributed by atoms with E-state index in [0.717, 1.165) is 21.1 Å². The molecule has 1 aromatic carbocycles. The van der Waals surface area contributed by atoms with Crippen LogP contribution in [0.5, 0.6) is 0 Å². The lowest BCUT2D eigenvalue weighted by molar-refractivity contribution is -0.121. The van der Waals surface area contributed by atoms with Gasteiger partial charge < -0.3 is 5.32 Å². The second-order valence-corrected chi connectivity index (χ2v) is 6.80. The molecule has 0 saturated carbocycles. The van der Waals surface area contributed by atoms with Crippen molar-refractivity contribution in [1.29, 1.82) is 0 Å². The van der Waals surface area contributed by atoms with Gasteiger partial charge in [0.05, 0.1) is 23.0 Å². The topological polar surface area (TPSA) is 42.0 Å². The number of nitrogens with zero attached hydrogens (tertiary/aromatic N) is 1. The monoisotopic (exact) mass is 328 g/mol. The second-order valence-electron chi connectivity index (χ2n) is 5.00. The first-order chi connectivity index (χ1) is 10.7. The Morgan fingerprint density at radius 1 is 1.18 bits per heavy atom. The molecule has 0 aliphatic heterocycles. The van der Waals surface area contributed by atoms with Gasteiger partial charge in [0.15, 0.2) is 0 Å². The molecule has 0 saturated heterocycles. The summed E-state index contributed by atoms with van der Waals surface area (Å²) >= 11 is 3.25. The molecule has 0 bridgehead atoms. The number of rotatable bonds is 5. The van der Waals surface area contributed by atoms with Crippen LogP contribution in [0.25, 0.3) is 9.88 Å². The highest BCUT2D eigenvalue weighted by Crippen LogP contribution is 2.27. The largest absolute Gasteiger partial charge is 0.349 e. The average Bonchev–Trinajstić information content (AvgIpc) is 3.19. The lowest BCUT2D eigenvalue weighted by Gasteiger charge is -2.13. The number of hydrogen-bond acceptors (Lipinski definition) is 4. The van der Waals surface area contributed by atoms with Gasteiger partial charge in [-0.3, -0.25) is 4.79 Å². The third-order valence-corrected chi connectivity index (χ3v) is 5.23. The number of carbonyl (C=O) groups excluding carboxylic acids is 1. The maximum atomic E-state index is 12.1. The molecule has 1 atom stereocenters. The maximum absolute atomic E-state index is 12.1. The Balaban J connectivity index is 1.60. The predicted molar refractivity (Wildman–Crippen MR) is 92.1 cm³/mol. The second kappa shape index (κ2) is 6.85. The van der Waals surface area contributed by atoms with Gasteiger partial charge in [0.2, 0.25) is 5.91 Å². The van der Waals surface area contributed by atoms with Crippen LogP contribution in [0, 0.1) is 0 Å². The summed E-state index contributed by atoms with van der Waals surface area (Å²) in [5, 5.41) is 7.99. The van der Waals surface area contributed by atoms with E-state index in [4.69, 9.17) is 0 Å². The van der Waals surface area contributed by atoms with E-state index in [-0.39, 0.29) is 11.9 Å². The van der Waals surface area contributed by atoms with Crippen LogP contribution < -0.4 is 5.32 Å². The Morgan fingerprint density at radius 3 is 2.73 bits per heavy atom. The van der Waals surface area contributed by atoms with E-state index in [1.165, 1.54) is 0 Å². The molecule has 0 aliphatic rings. The predicted octanol–water partition coefficient (Wildman–Crippen LogP) is 4.29. The van der Waals surface area contributed by atoms with E-state index in [9.17, 15) is 4.79 Å². The fourth-order valence-corrected chi connectivity index (χ4v) is 3.82. The van der Waals surface area contributed by atoms with E-state index >= 15 is 0 Å². The summed E-state index contributed by atoms with van der Waals surface area (Å²) in [6, 6.07) is 14.0. The Kier molecular flexibility index (Phi) is 4.65. The molecule has 0 radical (unpaired) electrons. The summed E-state index contributed by atoms with van der Waals surface area (Å²) in [7, 11) is 0. The van der Waals surface area contributed by atoms with Crippen LogP contribution in [-0.4, -0.2) is 10.9 Å². The van der Waals surface area contributed by atoms with Gasteiger partial charge in [0.1, 0.15) is 5.01 Å². The van der Waals surface area contributed by atoms with Gasteiger partial charge in [-0.1, -0.05) is 36.4 Å². The van der Waals surface area contributed by atoms with Crippen molar-refractivity contribution in [2.45, 2.75) is 19.4 Å². The SMILES string of the molecule is C[C@H](NC(=O)Cc1csc(-c2cccs2)n1)c1ccccc1. The quantitative estimate of drug-likeness (QED) is 0.759. The first-order valence-corrected chi connectivity index (χ1v) is 8.81. The van der Waals surface area contributed by atoms with E-state index in [0.29, 0.717) is 6.42 Å². The van der Waals surface area contributed by atoms with Gasteiger partial charge in [0, 0.05) is 5.38 Å². The van der Waals surface area contributed by atoms with Gasteiger partial charge in [-0.15, -0.1) is 22.7 Å². The third-order valence-electron chi connectivity index (χ3n) is 3.30. The minimum Gasteiger partial charge on any atom is -0.349 e. The molecule has 0 aliphatic carbocycles. The van der Waals surface area contributed by atoms with Crippen molar-refractivity contribution >= 4 is 28.6 Å². The minimum absolute atomic E-state index is 0.000572. The molecule has 3 aromatic rings. The van der Waals surface area contributed by atoms with Crippen molar-refractivity contribution in [3.05, 3.63) is 64.5 Å². The molecule has 2 aromatic heterocycles. The molecule has 112 valence electrons. The van der Waals surface area contributed by atoms with Gasteiger partial charge in [-0.2, -0.15) is 0 Å². The zero-order valence-electron chi connectivity index (χ0n) is 12.2. The number of aromatic nitrogens is 1. The van der Waals surface area contributed by atoms with Crippen LogP contribution >= 0.6 is 22.7 Å². The standard InChI is InChI=1S/C17H16N2OS2/c1-12(13-6-3-2-4-7-13)18-16(20)10-14-11-22-17(19-14)15-8-5-9-21-15/h2-9,11-12H,10H2,1H3,(H,18,20)/t12-/m0/s1. The van der Waals surface area contributed by atoms with Crippen LogP contribution in [0.3, 0.4) is 0 Å². The van der Waals surface area contributed by atoms with Crippen molar-refractivity contribution in [2.24, 2.45) is 0 Å². The minimum atomic E-state index is -0.000572. The summed E-state index contributed by atoms with van der Waals surface area (Å²) < 4.78 is 0. The van der Waals surface area contributed by atoms with Crippen molar-refractivity contribution in [1.82, 2.24) is 10.3 Å². The number of amides is 1. The summed E-state index contributed by atoms with van der Waals surface area (Å²) in [4.78, 5) is 17.8. The highest BCUT2D eigenvalue weighted by molar-refractivity contribution is 7.20. The molecule has 3 rings (SSSR count). The van der Waals surface area contributed by atoms with E-state index in [1.54, 1.807) is 22.7 Å². The zero-order chi connectivity index (χ0) is 15.4. The van der Waals surface area contributed by atoms with Gasteiger partial charge in [-0.25, -0.2) is 4.98 Å². The van der Waals surface area contributed by atoms with Crippen molar-refractivity contribution < 1.29 is 4.79 Å². The molecule has 3 nitrogen and oxygen atoms in total. The number of hydrogen-bond donors (Lipinski definition) is 1. The van der Waals surface area contributed by atoms with Gasteiger partial charge in [0.25, 0.3) is 0 Å². The zero-order valence-corrected chi connectivity index (χ0v) is 13.8. The van der Waals surface area contributed by atoms with Crippen LogP contribution in [0.2, 0.25) is 0 Å². The van der Waals surface area contributed by atoms with E-state index in [1.807, 2.05) is 60.1 Å². The fraction of sp³-hybridized carbons (Fsp3) is 0.176. The van der Waals surface area contributed by atoms with Crippen LogP contribution in [0.4, 0.5) is 0 Å². The molecule has 1 amide bonds. The number of benzene rings is 1.